The maximum atomic E-state index is 12.1. The van der Waals surface area contributed by atoms with E-state index in [9.17, 15) is 4.79 Å². The van der Waals surface area contributed by atoms with Gasteiger partial charge in [-0.1, -0.05) is 35.9 Å². The molecular formula is C17H15ClN2O3. The average molecular weight is 331 g/mol. The number of hydrogen-bond donors (Lipinski definition) is 1. The van der Waals surface area contributed by atoms with Gasteiger partial charge in [-0.15, -0.1) is 0 Å². The van der Waals surface area contributed by atoms with Gasteiger partial charge in [0.05, 0.1) is 13.7 Å². The lowest BCUT2D eigenvalue weighted by molar-refractivity contribution is 0.133. The zero-order chi connectivity index (χ0) is 16.4. The molecule has 1 aliphatic rings. The van der Waals surface area contributed by atoms with Gasteiger partial charge >= 0.3 is 6.09 Å². The van der Waals surface area contributed by atoms with Crippen LogP contribution in [0.4, 0.5) is 4.79 Å². The number of methoxy groups -OCH3 is 1. The predicted octanol–water partition coefficient (Wildman–Crippen LogP) is 4.02. The number of halogens is 1. The highest BCUT2D eigenvalue weighted by Gasteiger charge is 2.38. The predicted molar refractivity (Wildman–Crippen MR) is 86.9 cm³/mol. The van der Waals surface area contributed by atoms with Crippen molar-refractivity contribution in [3.8, 4) is 5.75 Å². The van der Waals surface area contributed by atoms with Gasteiger partial charge in [-0.05, 0) is 29.8 Å². The molecule has 1 atom stereocenters. The Hall–Kier alpha value is -2.53. The Kier molecular flexibility index (Phi) is 4.21. The summed E-state index contributed by atoms with van der Waals surface area (Å²) in [6.07, 6.45) is -1.22. The molecule has 118 valence electrons. The molecule has 1 aliphatic heterocycles. The van der Waals surface area contributed by atoms with Crippen LogP contribution in [0.1, 0.15) is 17.2 Å². The number of amidine groups is 1. The number of benzene rings is 2. The van der Waals surface area contributed by atoms with Crippen LogP contribution >= 0.6 is 11.6 Å². The third-order valence-electron chi connectivity index (χ3n) is 3.65. The Bertz CT molecular complexity index is 729. The van der Waals surface area contributed by atoms with E-state index in [0.717, 1.165) is 11.1 Å². The first-order valence-corrected chi connectivity index (χ1v) is 7.41. The molecule has 1 unspecified atom stereocenters. The van der Waals surface area contributed by atoms with E-state index < -0.39 is 12.2 Å². The van der Waals surface area contributed by atoms with Gasteiger partial charge < -0.3 is 9.47 Å². The molecule has 1 heterocycles. The van der Waals surface area contributed by atoms with Crippen molar-refractivity contribution >= 4 is 23.5 Å². The Balaban J connectivity index is 1.77. The van der Waals surface area contributed by atoms with Gasteiger partial charge in [0.15, 0.2) is 11.9 Å². The molecule has 23 heavy (non-hydrogen) atoms. The fourth-order valence-electron chi connectivity index (χ4n) is 2.39. The van der Waals surface area contributed by atoms with Crippen molar-refractivity contribution in [3.63, 3.8) is 0 Å². The highest BCUT2D eigenvalue weighted by atomic mass is 35.5. The number of nitrogens with one attached hydrogen (secondary N) is 1. The lowest BCUT2D eigenvalue weighted by atomic mass is 10.1. The van der Waals surface area contributed by atoms with Gasteiger partial charge in [-0.2, -0.15) is 0 Å². The van der Waals surface area contributed by atoms with E-state index in [2.05, 4.69) is 0 Å². The van der Waals surface area contributed by atoms with E-state index in [1.165, 1.54) is 4.90 Å². The summed E-state index contributed by atoms with van der Waals surface area (Å²) in [6.45, 7) is 0.279. The van der Waals surface area contributed by atoms with Gasteiger partial charge in [-0.3, -0.25) is 10.3 Å². The molecule has 0 aromatic heterocycles. The summed E-state index contributed by atoms with van der Waals surface area (Å²) in [6, 6.07) is 14.3. The van der Waals surface area contributed by atoms with Crippen LogP contribution < -0.4 is 4.74 Å². The van der Waals surface area contributed by atoms with Gasteiger partial charge in [-0.25, -0.2) is 4.79 Å². The average Bonchev–Trinajstić information content (AvgIpc) is 2.85. The van der Waals surface area contributed by atoms with Crippen LogP contribution in [-0.2, 0) is 11.3 Å². The van der Waals surface area contributed by atoms with Crippen LogP contribution in [-0.4, -0.2) is 23.9 Å². The van der Waals surface area contributed by atoms with E-state index in [1.54, 1.807) is 43.5 Å². The van der Waals surface area contributed by atoms with Crippen LogP contribution in [0.5, 0.6) is 5.75 Å². The van der Waals surface area contributed by atoms with Gasteiger partial charge in [0.25, 0.3) is 0 Å². The summed E-state index contributed by atoms with van der Waals surface area (Å²) in [5.74, 6) is 0.831. The largest absolute Gasteiger partial charge is 0.497 e. The molecule has 5 nitrogen and oxygen atoms in total. The molecule has 6 heteroatoms. The maximum absolute atomic E-state index is 12.1. The Morgan fingerprint density at radius 3 is 2.43 bits per heavy atom. The van der Waals surface area contributed by atoms with Crippen molar-refractivity contribution in [1.82, 2.24) is 4.90 Å². The van der Waals surface area contributed by atoms with Crippen molar-refractivity contribution in [2.45, 2.75) is 12.6 Å². The third kappa shape index (κ3) is 3.14. The fraction of sp³-hybridized carbons (Fsp3) is 0.176. The minimum atomic E-state index is -0.694. The monoisotopic (exact) mass is 330 g/mol. The van der Waals surface area contributed by atoms with Crippen LogP contribution in [0.25, 0.3) is 0 Å². The first kappa shape index (κ1) is 15.4. The molecule has 0 radical (unpaired) electrons. The number of amides is 1. The van der Waals surface area contributed by atoms with Gasteiger partial charge in [0, 0.05) is 10.6 Å². The fourth-order valence-corrected chi connectivity index (χ4v) is 2.51. The second-order valence-corrected chi connectivity index (χ2v) is 5.57. The summed E-state index contributed by atoms with van der Waals surface area (Å²) in [7, 11) is 1.58. The first-order chi connectivity index (χ1) is 11.1. The highest BCUT2D eigenvalue weighted by molar-refractivity contribution is 6.30. The Morgan fingerprint density at radius 2 is 1.83 bits per heavy atom. The van der Waals surface area contributed by atoms with Crippen LogP contribution in [0.2, 0.25) is 5.02 Å². The molecule has 1 amide bonds. The van der Waals surface area contributed by atoms with Gasteiger partial charge in [0.2, 0.25) is 0 Å². The molecule has 0 aliphatic carbocycles. The summed E-state index contributed by atoms with van der Waals surface area (Å²) in [5.41, 5.74) is 1.62. The van der Waals surface area contributed by atoms with E-state index in [0.29, 0.717) is 10.8 Å². The number of nitrogens with zero attached hydrogens (tertiary/aromatic N) is 1. The van der Waals surface area contributed by atoms with Crippen molar-refractivity contribution in [2.24, 2.45) is 0 Å². The standard InChI is InChI=1S/C17H15ClN2O3/c1-22-14-8-4-12(5-9-14)15-16(19)20(17(21)23-15)10-11-2-6-13(18)7-3-11/h2-9,15,19H,10H2,1H3. The maximum Gasteiger partial charge on any atom is 0.416 e. The molecule has 3 rings (SSSR count). The molecular weight excluding hydrogens is 316 g/mol. The zero-order valence-corrected chi connectivity index (χ0v) is 13.2. The van der Waals surface area contributed by atoms with Crippen LogP contribution in [0.15, 0.2) is 48.5 Å². The quantitative estimate of drug-likeness (QED) is 0.921. The van der Waals surface area contributed by atoms with Crippen LogP contribution in [0, 0.1) is 5.41 Å². The number of ether oxygens (including phenoxy) is 2. The van der Waals surface area contributed by atoms with Gasteiger partial charge in [0.1, 0.15) is 5.75 Å². The molecule has 2 aromatic rings. The van der Waals surface area contributed by atoms with E-state index in [4.69, 9.17) is 26.5 Å². The second kappa shape index (κ2) is 6.30. The molecule has 1 saturated heterocycles. The van der Waals surface area contributed by atoms with Crippen molar-refractivity contribution in [1.29, 1.82) is 5.41 Å². The summed E-state index contributed by atoms with van der Waals surface area (Å²) in [5, 5.41) is 8.87. The third-order valence-corrected chi connectivity index (χ3v) is 3.90. The minimum Gasteiger partial charge on any atom is -0.497 e. The number of cyclic esters (lactones) is 1. The topological polar surface area (TPSA) is 62.6 Å². The SMILES string of the molecule is COc1ccc(C2OC(=O)N(Cc3ccc(Cl)cc3)C2=N)cc1. The smallest absolute Gasteiger partial charge is 0.416 e. The number of carbonyl (C=O) groups excluding carboxylic acids is 1. The molecule has 0 bridgehead atoms. The number of rotatable bonds is 4. The van der Waals surface area contributed by atoms with Crippen molar-refractivity contribution in [3.05, 3.63) is 64.7 Å². The van der Waals surface area contributed by atoms with E-state index >= 15 is 0 Å². The lowest BCUT2D eigenvalue weighted by Crippen LogP contribution is -2.28. The van der Waals surface area contributed by atoms with Crippen molar-refractivity contribution < 1.29 is 14.3 Å². The first-order valence-electron chi connectivity index (χ1n) is 7.03. The molecule has 0 spiro atoms. The normalized spacial score (nSPS) is 17.3. The molecule has 1 N–H and O–H groups in total. The lowest BCUT2D eigenvalue weighted by Gasteiger charge is -2.14. The van der Waals surface area contributed by atoms with Crippen molar-refractivity contribution in [2.75, 3.05) is 7.11 Å². The summed E-state index contributed by atoms with van der Waals surface area (Å²) in [4.78, 5) is 13.4. The summed E-state index contributed by atoms with van der Waals surface area (Å²) >= 11 is 5.86. The van der Waals surface area contributed by atoms with E-state index in [-0.39, 0.29) is 12.4 Å². The number of carbonyl (C=O) groups is 1. The Morgan fingerprint density at radius 1 is 1.17 bits per heavy atom. The van der Waals surface area contributed by atoms with Crippen LogP contribution in [0.3, 0.4) is 0 Å². The molecule has 0 saturated carbocycles. The number of hydrogen-bond acceptors (Lipinski definition) is 4. The Labute approximate surface area is 138 Å². The minimum absolute atomic E-state index is 0.120. The molecule has 2 aromatic carbocycles. The second-order valence-electron chi connectivity index (χ2n) is 5.13. The molecule has 1 fully saturated rings. The zero-order valence-electron chi connectivity index (χ0n) is 12.5. The highest BCUT2D eigenvalue weighted by Crippen LogP contribution is 2.30. The summed E-state index contributed by atoms with van der Waals surface area (Å²) < 4.78 is 10.4. The van der Waals surface area contributed by atoms with E-state index in [1.807, 2.05) is 12.1 Å².